The standard InChI is InChI=1S/C12H15BrN2S2/c1-7-8(2)16-12(15-7)6-9(14-3)10-4-5-11(13)17-10/h4-5,9,14H,6H2,1-3H3. The molecule has 1 N–H and O–H groups in total. The third kappa shape index (κ3) is 3.16. The highest BCUT2D eigenvalue weighted by Gasteiger charge is 2.15. The molecule has 0 saturated heterocycles. The van der Waals surface area contributed by atoms with Crippen molar-refractivity contribution in [3.63, 3.8) is 0 Å². The van der Waals surface area contributed by atoms with E-state index in [1.807, 2.05) is 7.05 Å². The summed E-state index contributed by atoms with van der Waals surface area (Å²) in [7, 11) is 2.01. The third-order valence-electron chi connectivity index (χ3n) is 2.74. The lowest BCUT2D eigenvalue weighted by Gasteiger charge is -2.12. The van der Waals surface area contributed by atoms with E-state index < -0.39 is 0 Å². The SMILES string of the molecule is CNC(Cc1nc(C)c(C)s1)c1ccc(Br)s1. The lowest BCUT2D eigenvalue weighted by molar-refractivity contribution is 0.600. The van der Waals surface area contributed by atoms with Gasteiger partial charge in [-0.05, 0) is 49.0 Å². The Kier molecular flexibility index (Phi) is 4.36. The average Bonchev–Trinajstić information content (AvgIpc) is 2.83. The Labute approximate surface area is 118 Å². The molecule has 1 atom stereocenters. The fraction of sp³-hybridized carbons (Fsp3) is 0.417. The van der Waals surface area contributed by atoms with Crippen molar-refractivity contribution in [3.8, 4) is 0 Å². The summed E-state index contributed by atoms with van der Waals surface area (Å²) in [4.78, 5) is 7.27. The summed E-state index contributed by atoms with van der Waals surface area (Å²) in [6.07, 6.45) is 0.961. The summed E-state index contributed by atoms with van der Waals surface area (Å²) in [6, 6.07) is 4.63. The number of halogens is 1. The summed E-state index contributed by atoms with van der Waals surface area (Å²) >= 11 is 7.09. The molecule has 92 valence electrons. The number of hydrogen-bond donors (Lipinski definition) is 1. The maximum Gasteiger partial charge on any atom is 0.0950 e. The molecular formula is C12H15BrN2S2. The second-order valence-electron chi connectivity index (χ2n) is 3.94. The van der Waals surface area contributed by atoms with E-state index in [4.69, 9.17) is 0 Å². The van der Waals surface area contributed by atoms with Crippen molar-refractivity contribution in [3.05, 3.63) is 36.4 Å². The lowest BCUT2D eigenvalue weighted by Crippen LogP contribution is -2.17. The van der Waals surface area contributed by atoms with Crippen molar-refractivity contribution >= 4 is 38.6 Å². The average molecular weight is 331 g/mol. The van der Waals surface area contributed by atoms with Gasteiger partial charge in [0.2, 0.25) is 0 Å². The Balaban J connectivity index is 2.15. The molecule has 0 aliphatic heterocycles. The van der Waals surface area contributed by atoms with Gasteiger partial charge in [0, 0.05) is 22.2 Å². The molecule has 0 spiro atoms. The summed E-state index contributed by atoms with van der Waals surface area (Å²) < 4.78 is 1.18. The molecule has 0 amide bonds. The van der Waals surface area contributed by atoms with E-state index in [1.54, 1.807) is 22.7 Å². The van der Waals surface area contributed by atoms with E-state index in [0.717, 1.165) is 12.1 Å². The first-order valence-electron chi connectivity index (χ1n) is 5.45. The molecule has 0 aromatic carbocycles. The second kappa shape index (κ2) is 5.61. The number of thiophene rings is 1. The fourth-order valence-electron chi connectivity index (χ4n) is 1.66. The van der Waals surface area contributed by atoms with E-state index in [1.165, 1.54) is 18.5 Å². The minimum Gasteiger partial charge on any atom is -0.312 e. The number of nitrogens with one attached hydrogen (secondary N) is 1. The van der Waals surface area contributed by atoms with Gasteiger partial charge in [-0.2, -0.15) is 0 Å². The van der Waals surface area contributed by atoms with Crippen LogP contribution in [0.15, 0.2) is 15.9 Å². The van der Waals surface area contributed by atoms with Gasteiger partial charge >= 0.3 is 0 Å². The fourth-order valence-corrected chi connectivity index (χ4v) is 4.17. The number of aromatic nitrogens is 1. The Bertz CT molecular complexity index is 485. The number of thiazole rings is 1. The Morgan fingerprint density at radius 1 is 1.35 bits per heavy atom. The van der Waals surface area contributed by atoms with Gasteiger partial charge in [-0.15, -0.1) is 22.7 Å². The quantitative estimate of drug-likeness (QED) is 0.913. The van der Waals surface area contributed by atoms with Gasteiger partial charge in [-0.3, -0.25) is 0 Å². The Morgan fingerprint density at radius 2 is 2.12 bits per heavy atom. The molecule has 0 bridgehead atoms. The summed E-state index contributed by atoms with van der Waals surface area (Å²) in [5.74, 6) is 0. The Morgan fingerprint density at radius 3 is 2.59 bits per heavy atom. The minimum absolute atomic E-state index is 0.358. The number of hydrogen-bond acceptors (Lipinski definition) is 4. The van der Waals surface area contributed by atoms with Crippen molar-refractivity contribution < 1.29 is 0 Å². The zero-order chi connectivity index (χ0) is 12.4. The third-order valence-corrected chi connectivity index (χ3v) is 5.57. The van der Waals surface area contributed by atoms with Gasteiger partial charge in [0.25, 0.3) is 0 Å². The molecule has 17 heavy (non-hydrogen) atoms. The van der Waals surface area contributed by atoms with Crippen molar-refractivity contribution in [2.24, 2.45) is 0 Å². The molecule has 5 heteroatoms. The molecule has 2 nitrogen and oxygen atoms in total. The van der Waals surface area contributed by atoms with E-state index in [9.17, 15) is 0 Å². The lowest BCUT2D eigenvalue weighted by atomic mass is 10.2. The first-order valence-corrected chi connectivity index (χ1v) is 7.88. The van der Waals surface area contributed by atoms with Gasteiger partial charge in [0.05, 0.1) is 14.5 Å². The van der Waals surface area contributed by atoms with Crippen LogP contribution in [0, 0.1) is 13.8 Å². The molecule has 0 aliphatic carbocycles. The monoisotopic (exact) mass is 330 g/mol. The zero-order valence-corrected chi connectivity index (χ0v) is 13.3. The van der Waals surface area contributed by atoms with Gasteiger partial charge < -0.3 is 5.32 Å². The van der Waals surface area contributed by atoms with Crippen LogP contribution in [-0.2, 0) is 6.42 Å². The van der Waals surface area contributed by atoms with Gasteiger partial charge in [0.15, 0.2) is 0 Å². The summed E-state index contributed by atoms with van der Waals surface area (Å²) in [5.41, 5.74) is 1.16. The number of rotatable bonds is 4. The molecule has 1 unspecified atom stereocenters. The first-order chi connectivity index (χ1) is 8.10. The van der Waals surface area contributed by atoms with Crippen molar-refractivity contribution in [1.82, 2.24) is 10.3 Å². The number of likely N-dealkylation sites (N-methyl/N-ethyl adjacent to an activating group) is 1. The topological polar surface area (TPSA) is 24.9 Å². The zero-order valence-electron chi connectivity index (χ0n) is 10.1. The second-order valence-corrected chi connectivity index (χ2v) is 7.72. The van der Waals surface area contributed by atoms with Crippen LogP contribution in [0.4, 0.5) is 0 Å². The minimum atomic E-state index is 0.358. The van der Waals surface area contributed by atoms with Crippen molar-refractivity contribution in [2.45, 2.75) is 26.3 Å². The molecule has 0 aliphatic rings. The predicted molar refractivity (Wildman–Crippen MR) is 79.1 cm³/mol. The van der Waals surface area contributed by atoms with E-state index in [0.29, 0.717) is 6.04 Å². The molecule has 0 saturated carbocycles. The van der Waals surface area contributed by atoms with Crippen LogP contribution in [0.3, 0.4) is 0 Å². The molecule has 2 rings (SSSR count). The maximum absolute atomic E-state index is 4.60. The normalized spacial score (nSPS) is 12.9. The summed E-state index contributed by atoms with van der Waals surface area (Å²) in [5, 5.41) is 4.58. The maximum atomic E-state index is 4.60. The molecule has 0 radical (unpaired) electrons. The predicted octanol–water partition coefficient (Wildman–Crippen LogP) is 4.09. The molecular weight excluding hydrogens is 316 g/mol. The van der Waals surface area contributed by atoms with Crippen LogP contribution in [0.2, 0.25) is 0 Å². The largest absolute Gasteiger partial charge is 0.312 e. The number of nitrogens with zero attached hydrogens (tertiary/aromatic N) is 1. The molecule has 2 aromatic rings. The van der Waals surface area contributed by atoms with E-state index in [-0.39, 0.29) is 0 Å². The number of aryl methyl sites for hydroxylation is 2. The highest BCUT2D eigenvalue weighted by Crippen LogP contribution is 2.30. The highest BCUT2D eigenvalue weighted by molar-refractivity contribution is 9.11. The van der Waals surface area contributed by atoms with Crippen LogP contribution < -0.4 is 5.32 Å². The van der Waals surface area contributed by atoms with E-state index in [2.05, 4.69) is 52.2 Å². The highest BCUT2D eigenvalue weighted by atomic mass is 79.9. The molecule has 2 aromatic heterocycles. The van der Waals surface area contributed by atoms with Gasteiger partial charge in [-0.1, -0.05) is 0 Å². The first kappa shape index (κ1) is 13.2. The van der Waals surface area contributed by atoms with E-state index >= 15 is 0 Å². The van der Waals surface area contributed by atoms with Gasteiger partial charge in [0.1, 0.15) is 0 Å². The van der Waals surface area contributed by atoms with Crippen LogP contribution in [0.5, 0.6) is 0 Å². The van der Waals surface area contributed by atoms with Crippen molar-refractivity contribution in [2.75, 3.05) is 7.05 Å². The molecule has 0 fully saturated rings. The van der Waals surface area contributed by atoms with Crippen LogP contribution in [-0.4, -0.2) is 12.0 Å². The van der Waals surface area contributed by atoms with Crippen LogP contribution in [0.25, 0.3) is 0 Å². The van der Waals surface area contributed by atoms with Crippen molar-refractivity contribution in [1.29, 1.82) is 0 Å². The Hall–Kier alpha value is -0.230. The van der Waals surface area contributed by atoms with Crippen LogP contribution in [0.1, 0.15) is 26.5 Å². The van der Waals surface area contributed by atoms with Gasteiger partial charge in [-0.25, -0.2) is 4.98 Å². The summed E-state index contributed by atoms with van der Waals surface area (Å²) in [6.45, 7) is 4.21. The van der Waals surface area contributed by atoms with Crippen LogP contribution >= 0.6 is 38.6 Å². The molecule has 2 heterocycles. The smallest absolute Gasteiger partial charge is 0.0950 e.